The van der Waals surface area contributed by atoms with Gasteiger partial charge in [0.1, 0.15) is 5.41 Å². The number of hydrogen-bond acceptors (Lipinski definition) is 4. The first-order valence-electron chi connectivity index (χ1n) is 7.00. The summed E-state index contributed by atoms with van der Waals surface area (Å²) in [5.74, 6) is -0.257. The number of aryl methyl sites for hydroxylation is 2. The lowest BCUT2D eigenvalue weighted by Gasteiger charge is -2.30. The zero-order chi connectivity index (χ0) is 15.3. The van der Waals surface area contributed by atoms with Crippen molar-refractivity contribution in [3.63, 3.8) is 0 Å². The molecule has 0 spiro atoms. The van der Waals surface area contributed by atoms with Crippen LogP contribution in [0.2, 0.25) is 0 Å². The number of benzene rings is 1. The Bertz CT molecular complexity index is 595. The van der Waals surface area contributed by atoms with E-state index in [2.05, 4.69) is 6.07 Å². The minimum atomic E-state index is -0.773. The molecule has 2 aromatic rings. The van der Waals surface area contributed by atoms with Crippen molar-refractivity contribution in [3.05, 3.63) is 57.8 Å². The van der Waals surface area contributed by atoms with Crippen LogP contribution in [0.1, 0.15) is 22.4 Å². The molecule has 1 unspecified atom stereocenters. The standard InChI is InChI=1S/C17H21NO2S/c1-13-5-3-6-14(11-13)17(12-18,16(19)20-2)9-8-15-7-4-10-21-15/h3-7,10-11H,8-9,12,18H2,1-2H3. The predicted molar refractivity (Wildman–Crippen MR) is 86.6 cm³/mol. The highest BCUT2D eigenvalue weighted by molar-refractivity contribution is 7.09. The van der Waals surface area contributed by atoms with Crippen LogP contribution in [-0.4, -0.2) is 19.6 Å². The molecule has 112 valence electrons. The molecule has 4 heteroatoms. The molecule has 0 bridgehead atoms. The number of methoxy groups -OCH3 is 1. The Labute approximate surface area is 129 Å². The summed E-state index contributed by atoms with van der Waals surface area (Å²) in [6.45, 7) is 2.26. The van der Waals surface area contributed by atoms with Gasteiger partial charge in [-0.2, -0.15) is 0 Å². The Morgan fingerprint density at radius 3 is 2.71 bits per heavy atom. The molecule has 0 saturated heterocycles. The van der Waals surface area contributed by atoms with Gasteiger partial charge >= 0.3 is 5.97 Å². The van der Waals surface area contributed by atoms with Crippen molar-refractivity contribution in [1.29, 1.82) is 0 Å². The third kappa shape index (κ3) is 3.34. The molecular formula is C17H21NO2S. The molecule has 0 radical (unpaired) electrons. The van der Waals surface area contributed by atoms with Crippen LogP contribution in [-0.2, 0) is 21.4 Å². The van der Waals surface area contributed by atoms with Crippen molar-refractivity contribution in [3.8, 4) is 0 Å². The molecule has 21 heavy (non-hydrogen) atoms. The van der Waals surface area contributed by atoms with Crippen LogP contribution in [0.25, 0.3) is 0 Å². The number of rotatable bonds is 6. The third-order valence-electron chi connectivity index (χ3n) is 3.87. The Morgan fingerprint density at radius 1 is 1.33 bits per heavy atom. The Morgan fingerprint density at radius 2 is 2.14 bits per heavy atom. The largest absolute Gasteiger partial charge is 0.468 e. The lowest BCUT2D eigenvalue weighted by atomic mass is 9.76. The molecule has 0 aliphatic heterocycles. The lowest BCUT2D eigenvalue weighted by molar-refractivity contribution is -0.147. The summed E-state index contributed by atoms with van der Waals surface area (Å²) in [4.78, 5) is 13.7. The van der Waals surface area contributed by atoms with Gasteiger partial charge in [-0.25, -0.2) is 0 Å². The van der Waals surface area contributed by atoms with Gasteiger partial charge in [-0.15, -0.1) is 11.3 Å². The second kappa shape index (κ2) is 6.87. The highest BCUT2D eigenvalue weighted by Crippen LogP contribution is 2.31. The minimum absolute atomic E-state index is 0.245. The topological polar surface area (TPSA) is 52.3 Å². The van der Waals surface area contributed by atoms with Crippen molar-refractivity contribution in [1.82, 2.24) is 0 Å². The van der Waals surface area contributed by atoms with E-state index in [1.54, 1.807) is 11.3 Å². The maximum Gasteiger partial charge on any atom is 0.317 e. The fraction of sp³-hybridized carbons (Fsp3) is 0.353. The average molecular weight is 303 g/mol. The monoisotopic (exact) mass is 303 g/mol. The molecular weight excluding hydrogens is 282 g/mol. The number of carbonyl (C=O) groups excluding carboxylic acids is 1. The van der Waals surface area contributed by atoms with E-state index in [0.717, 1.165) is 17.5 Å². The quantitative estimate of drug-likeness (QED) is 0.834. The van der Waals surface area contributed by atoms with E-state index in [0.29, 0.717) is 6.42 Å². The van der Waals surface area contributed by atoms with Gasteiger partial charge in [0.05, 0.1) is 7.11 Å². The average Bonchev–Trinajstić information content (AvgIpc) is 3.01. The number of thiophene rings is 1. The van der Waals surface area contributed by atoms with Crippen molar-refractivity contribution >= 4 is 17.3 Å². The number of esters is 1. The second-order valence-corrected chi connectivity index (χ2v) is 6.26. The van der Waals surface area contributed by atoms with Crippen LogP contribution in [0.4, 0.5) is 0 Å². The molecule has 1 aromatic carbocycles. The summed E-state index contributed by atoms with van der Waals surface area (Å²) >= 11 is 1.70. The van der Waals surface area contributed by atoms with Gasteiger partial charge in [-0.1, -0.05) is 35.9 Å². The molecule has 1 atom stereocenters. The zero-order valence-electron chi connectivity index (χ0n) is 12.5. The van der Waals surface area contributed by atoms with Crippen LogP contribution in [0.3, 0.4) is 0 Å². The maximum absolute atomic E-state index is 12.4. The van der Waals surface area contributed by atoms with E-state index in [4.69, 9.17) is 10.5 Å². The number of carbonyl (C=O) groups is 1. The smallest absolute Gasteiger partial charge is 0.317 e. The fourth-order valence-corrected chi connectivity index (χ4v) is 3.31. The van der Waals surface area contributed by atoms with Crippen LogP contribution >= 0.6 is 11.3 Å². The number of ether oxygens (including phenoxy) is 1. The Hall–Kier alpha value is -1.65. The summed E-state index contributed by atoms with van der Waals surface area (Å²) in [7, 11) is 1.42. The van der Waals surface area contributed by atoms with Crippen molar-refractivity contribution in [2.75, 3.05) is 13.7 Å². The Kier molecular flexibility index (Phi) is 5.15. The van der Waals surface area contributed by atoms with Gasteiger partial charge in [-0.3, -0.25) is 4.79 Å². The fourth-order valence-electron chi connectivity index (χ4n) is 2.60. The first-order chi connectivity index (χ1) is 10.1. The SMILES string of the molecule is COC(=O)C(CN)(CCc1cccs1)c1cccc(C)c1. The molecule has 0 aliphatic carbocycles. The molecule has 0 saturated carbocycles. The van der Waals surface area contributed by atoms with Gasteiger partial charge in [0.25, 0.3) is 0 Å². The molecule has 0 amide bonds. The first kappa shape index (κ1) is 15.7. The minimum Gasteiger partial charge on any atom is -0.468 e. The van der Waals surface area contributed by atoms with E-state index in [9.17, 15) is 4.79 Å². The van der Waals surface area contributed by atoms with Crippen LogP contribution in [0.5, 0.6) is 0 Å². The Balaban J connectivity index is 2.35. The second-order valence-electron chi connectivity index (χ2n) is 5.23. The predicted octanol–water partition coefficient (Wildman–Crippen LogP) is 3.06. The highest BCUT2D eigenvalue weighted by Gasteiger charge is 2.40. The molecule has 2 rings (SSSR count). The van der Waals surface area contributed by atoms with Gasteiger partial charge in [0.15, 0.2) is 0 Å². The van der Waals surface area contributed by atoms with Crippen LogP contribution in [0.15, 0.2) is 41.8 Å². The molecule has 1 heterocycles. The van der Waals surface area contributed by atoms with Gasteiger partial charge in [-0.05, 0) is 36.8 Å². The van der Waals surface area contributed by atoms with Gasteiger partial charge < -0.3 is 10.5 Å². The molecule has 0 fully saturated rings. The van der Waals surface area contributed by atoms with Crippen LogP contribution in [0, 0.1) is 6.92 Å². The third-order valence-corrected chi connectivity index (χ3v) is 4.81. The molecule has 3 nitrogen and oxygen atoms in total. The summed E-state index contributed by atoms with van der Waals surface area (Å²) in [6.07, 6.45) is 1.47. The van der Waals surface area contributed by atoms with Crippen molar-refractivity contribution in [2.24, 2.45) is 5.73 Å². The van der Waals surface area contributed by atoms with Crippen LogP contribution < -0.4 is 5.73 Å². The maximum atomic E-state index is 12.4. The van der Waals surface area contributed by atoms with E-state index < -0.39 is 5.41 Å². The summed E-state index contributed by atoms with van der Waals surface area (Å²) in [5, 5.41) is 2.05. The van der Waals surface area contributed by atoms with Crippen molar-refractivity contribution < 1.29 is 9.53 Å². The summed E-state index contributed by atoms with van der Waals surface area (Å²) in [5.41, 5.74) is 7.29. The van der Waals surface area contributed by atoms with Crippen molar-refractivity contribution in [2.45, 2.75) is 25.2 Å². The van der Waals surface area contributed by atoms with E-state index in [1.165, 1.54) is 12.0 Å². The first-order valence-corrected chi connectivity index (χ1v) is 7.88. The normalized spacial score (nSPS) is 13.7. The van der Waals surface area contributed by atoms with E-state index >= 15 is 0 Å². The summed E-state index contributed by atoms with van der Waals surface area (Å²) < 4.78 is 5.06. The number of hydrogen-bond donors (Lipinski definition) is 1. The van der Waals surface area contributed by atoms with Gasteiger partial charge in [0, 0.05) is 11.4 Å². The molecule has 1 aromatic heterocycles. The zero-order valence-corrected chi connectivity index (χ0v) is 13.3. The van der Waals surface area contributed by atoms with Gasteiger partial charge in [0.2, 0.25) is 0 Å². The molecule has 0 aliphatic rings. The lowest BCUT2D eigenvalue weighted by Crippen LogP contribution is -2.44. The summed E-state index contributed by atoms with van der Waals surface area (Å²) in [6, 6.07) is 12.1. The van der Waals surface area contributed by atoms with E-state index in [-0.39, 0.29) is 12.5 Å². The van der Waals surface area contributed by atoms with E-state index in [1.807, 2.05) is 42.6 Å². The number of nitrogens with two attached hydrogens (primary N) is 1. The molecule has 2 N–H and O–H groups in total. The highest BCUT2D eigenvalue weighted by atomic mass is 32.1.